The van der Waals surface area contributed by atoms with E-state index in [0.29, 0.717) is 0 Å². The predicted octanol–water partition coefficient (Wildman–Crippen LogP) is -2.69. The molecule has 4 N–H and O–H groups in total. The van der Waals surface area contributed by atoms with Crippen LogP contribution in [-0.4, -0.2) is 71.2 Å². The average Bonchev–Trinajstić information content (AvgIpc) is 2.84. The van der Waals surface area contributed by atoms with Gasteiger partial charge in [0.15, 0.2) is 12.7 Å². The van der Waals surface area contributed by atoms with E-state index in [9.17, 15) is 4.79 Å². The highest BCUT2D eigenvalue weighted by Gasteiger charge is 2.22. The highest BCUT2D eigenvalue weighted by atomic mass is 16.5. The zero-order valence-corrected chi connectivity index (χ0v) is 8.06. The molecule has 7 nitrogen and oxygen atoms in total. The molecule has 0 bridgehead atoms. The molecule has 3 unspecified atom stereocenters. The third-order valence-electron chi connectivity index (χ3n) is 1.56. The first kappa shape index (κ1) is 14.0. The number of ether oxygens (including phenoxy) is 1. The number of aliphatic hydroxyl groups excluding tert-OH is 4. The largest absolute Gasteiger partial charge is 0.482 e. The van der Waals surface area contributed by atoms with Gasteiger partial charge in [0.1, 0.15) is 24.9 Å². The molecular weight excluding hydrogens is 206 g/mol. The lowest BCUT2D eigenvalue weighted by Gasteiger charge is -2.16. The van der Waals surface area contributed by atoms with Crippen LogP contribution in [0.4, 0.5) is 0 Å². The van der Waals surface area contributed by atoms with E-state index >= 15 is 0 Å². The Balaban J connectivity index is 0.000000322. The molecule has 7 heteroatoms. The van der Waals surface area contributed by atoms with Gasteiger partial charge in [0.2, 0.25) is 0 Å². The lowest BCUT2D eigenvalue weighted by atomic mass is 10.1. The molecule has 0 aliphatic carbocycles. The van der Waals surface area contributed by atoms with Gasteiger partial charge in [0.25, 0.3) is 0 Å². The number of aliphatic hydroxyl groups is 4. The van der Waals surface area contributed by atoms with Crippen LogP contribution in [0.5, 0.6) is 0 Å². The molecule has 0 amide bonds. The first-order chi connectivity index (χ1) is 7.13. The van der Waals surface area contributed by atoms with Crippen molar-refractivity contribution in [3.05, 3.63) is 0 Å². The summed E-state index contributed by atoms with van der Waals surface area (Å²) in [6.45, 7) is 0.937. The molecule has 15 heavy (non-hydrogen) atoms. The van der Waals surface area contributed by atoms with Gasteiger partial charge < -0.3 is 30.0 Å². The molecule has 1 rings (SSSR count). The molecule has 0 spiro atoms. The van der Waals surface area contributed by atoms with Gasteiger partial charge in [-0.15, -0.1) is 0 Å². The minimum atomic E-state index is -1.64. The van der Waals surface area contributed by atoms with E-state index in [1.807, 2.05) is 0 Å². The van der Waals surface area contributed by atoms with E-state index in [4.69, 9.17) is 20.4 Å². The van der Waals surface area contributed by atoms with E-state index in [2.05, 4.69) is 9.73 Å². The summed E-state index contributed by atoms with van der Waals surface area (Å²) < 4.78 is 4.65. The second-order valence-corrected chi connectivity index (χ2v) is 2.75. The topological polar surface area (TPSA) is 120 Å². The van der Waals surface area contributed by atoms with Crippen LogP contribution in [0.1, 0.15) is 0 Å². The lowest BCUT2D eigenvalue weighted by molar-refractivity contribution is -0.127. The Morgan fingerprint density at radius 1 is 1.47 bits per heavy atom. The summed E-state index contributed by atoms with van der Waals surface area (Å²) in [4.78, 5) is 13.5. The fraction of sp³-hybridized carbons (Fsp3) is 0.750. The van der Waals surface area contributed by atoms with Crippen LogP contribution in [0.3, 0.4) is 0 Å². The van der Waals surface area contributed by atoms with Crippen LogP contribution in [0.2, 0.25) is 0 Å². The summed E-state index contributed by atoms with van der Waals surface area (Å²) in [5.74, 6) is 0. The number of nitrogens with zero attached hydrogens (tertiary/aromatic N) is 1. The zero-order valence-electron chi connectivity index (χ0n) is 8.06. The van der Waals surface area contributed by atoms with E-state index in [-0.39, 0.29) is 6.29 Å². The molecule has 3 atom stereocenters. The molecule has 0 aromatic rings. The van der Waals surface area contributed by atoms with Gasteiger partial charge in [-0.25, -0.2) is 0 Å². The Morgan fingerprint density at radius 3 is 2.40 bits per heavy atom. The Hall–Kier alpha value is -1.02. The van der Waals surface area contributed by atoms with Crippen LogP contribution in [0.25, 0.3) is 0 Å². The van der Waals surface area contributed by atoms with Crippen molar-refractivity contribution in [1.82, 2.24) is 0 Å². The molecule has 1 aliphatic heterocycles. The van der Waals surface area contributed by atoms with Crippen molar-refractivity contribution in [2.45, 2.75) is 18.3 Å². The second-order valence-electron chi connectivity index (χ2n) is 2.75. The molecule has 0 saturated heterocycles. The Labute approximate surface area is 86.6 Å². The normalized spacial score (nSPS) is 19.5. The van der Waals surface area contributed by atoms with Crippen molar-refractivity contribution in [2.75, 3.05) is 19.8 Å². The molecular formula is C8H15NO6. The number of aliphatic imine (C=N–C) groups is 1. The van der Waals surface area contributed by atoms with Crippen LogP contribution in [-0.2, 0) is 9.53 Å². The van der Waals surface area contributed by atoms with Crippen LogP contribution in [0, 0.1) is 0 Å². The van der Waals surface area contributed by atoms with Crippen molar-refractivity contribution in [2.24, 2.45) is 4.99 Å². The minimum absolute atomic E-state index is 0.0869. The van der Waals surface area contributed by atoms with E-state index in [0.717, 1.165) is 13.2 Å². The monoisotopic (exact) mass is 221 g/mol. The molecule has 0 radical (unpaired) electrons. The van der Waals surface area contributed by atoms with Crippen molar-refractivity contribution in [1.29, 1.82) is 0 Å². The Kier molecular flexibility index (Phi) is 7.74. The molecule has 1 heterocycles. The van der Waals surface area contributed by atoms with Crippen molar-refractivity contribution >= 4 is 12.7 Å². The highest BCUT2D eigenvalue weighted by molar-refractivity contribution is 5.56. The smallest absolute Gasteiger partial charge is 0.169 e. The van der Waals surface area contributed by atoms with Gasteiger partial charge in [0, 0.05) is 0 Å². The third-order valence-corrected chi connectivity index (χ3v) is 1.56. The van der Waals surface area contributed by atoms with Gasteiger partial charge in [-0.2, -0.15) is 0 Å². The van der Waals surface area contributed by atoms with Gasteiger partial charge >= 0.3 is 0 Å². The third kappa shape index (κ3) is 6.13. The Morgan fingerprint density at radius 2 is 2.13 bits per heavy atom. The average molecular weight is 221 g/mol. The number of rotatable bonds is 4. The fourth-order valence-electron chi connectivity index (χ4n) is 0.680. The summed E-state index contributed by atoms with van der Waals surface area (Å²) in [7, 11) is 0. The van der Waals surface area contributed by atoms with Crippen LogP contribution < -0.4 is 0 Å². The quantitative estimate of drug-likeness (QED) is 0.384. The predicted molar refractivity (Wildman–Crippen MR) is 50.5 cm³/mol. The SMILES string of the molecule is C1=NCCO1.O=CC(O)C(O)C(O)CO. The molecule has 1 aliphatic rings. The maximum atomic E-state index is 9.76. The van der Waals surface area contributed by atoms with Crippen molar-refractivity contribution in [3.63, 3.8) is 0 Å². The van der Waals surface area contributed by atoms with Crippen molar-refractivity contribution < 1.29 is 30.0 Å². The first-order valence-electron chi connectivity index (χ1n) is 4.33. The maximum Gasteiger partial charge on any atom is 0.169 e. The number of hydrogen-bond acceptors (Lipinski definition) is 7. The second kappa shape index (κ2) is 8.30. The summed E-state index contributed by atoms with van der Waals surface area (Å²) >= 11 is 0. The van der Waals surface area contributed by atoms with Crippen LogP contribution >= 0.6 is 0 Å². The van der Waals surface area contributed by atoms with E-state index in [1.54, 1.807) is 0 Å². The van der Waals surface area contributed by atoms with Gasteiger partial charge in [0.05, 0.1) is 13.2 Å². The summed E-state index contributed by atoms with van der Waals surface area (Å²) in [6, 6.07) is 0. The zero-order chi connectivity index (χ0) is 11.7. The van der Waals surface area contributed by atoms with Crippen LogP contribution in [0.15, 0.2) is 4.99 Å². The number of aldehydes is 1. The summed E-state index contributed by atoms with van der Waals surface area (Å²) in [6.07, 6.45) is -3.14. The first-order valence-corrected chi connectivity index (χ1v) is 4.33. The Bertz CT molecular complexity index is 192. The van der Waals surface area contributed by atoms with E-state index < -0.39 is 24.9 Å². The number of carbonyl (C=O) groups excluding carboxylic acids is 1. The van der Waals surface area contributed by atoms with Crippen molar-refractivity contribution in [3.8, 4) is 0 Å². The summed E-state index contributed by atoms with van der Waals surface area (Å²) in [5.41, 5.74) is 0. The fourth-order valence-corrected chi connectivity index (χ4v) is 0.680. The summed E-state index contributed by atoms with van der Waals surface area (Å²) in [5, 5.41) is 34.1. The highest BCUT2D eigenvalue weighted by Crippen LogP contribution is 1.96. The number of carbonyl (C=O) groups is 1. The molecule has 0 aromatic heterocycles. The molecule has 0 saturated carbocycles. The van der Waals surface area contributed by atoms with Gasteiger partial charge in [-0.1, -0.05) is 0 Å². The standard InChI is InChI=1S/C5H10O5.C3H5NO/c6-1-3(8)5(10)4(9)2-7;1-2-5-3-4-1/h1,3-5,7-10H,2H2;3H,1-2H2. The van der Waals surface area contributed by atoms with E-state index in [1.165, 1.54) is 6.40 Å². The molecule has 0 fully saturated rings. The maximum absolute atomic E-state index is 9.76. The molecule has 0 aromatic carbocycles. The van der Waals surface area contributed by atoms with Gasteiger partial charge in [-0.3, -0.25) is 4.99 Å². The lowest BCUT2D eigenvalue weighted by Crippen LogP contribution is -2.40. The number of hydrogen-bond donors (Lipinski definition) is 4. The van der Waals surface area contributed by atoms with Gasteiger partial charge in [-0.05, 0) is 0 Å². The molecule has 88 valence electrons. The minimum Gasteiger partial charge on any atom is -0.482 e.